The van der Waals surface area contributed by atoms with E-state index in [-0.39, 0.29) is 10.0 Å². The van der Waals surface area contributed by atoms with E-state index in [1.54, 1.807) is 6.07 Å². The van der Waals surface area contributed by atoms with Crippen LogP contribution in [-0.4, -0.2) is 39.9 Å². The normalized spacial score (nSPS) is 11.3. The molecule has 0 radical (unpaired) electrons. The molecule has 1 heterocycles. The van der Waals surface area contributed by atoms with Crippen LogP contribution in [-0.2, 0) is 10.0 Å². The Morgan fingerprint density at radius 1 is 1.00 bits per heavy atom. The Balaban J connectivity index is 1.93. The van der Waals surface area contributed by atoms with Crippen molar-refractivity contribution in [2.75, 3.05) is 25.6 Å². The van der Waals surface area contributed by atoms with E-state index < -0.39 is 10.0 Å². The predicted molar refractivity (Wildman–Crippen MR) is 108 cm³/mol. The molecule has 0 aliphatic carbocycles. The average molecular weight is 470 g/mol. The summed E-state index contributed by atoms with van der Waals surface area (Å²) < 4.78 is 38.3. The molecule has 1 aromatic heterocycles. The van der Waals surface area contributed by atoms with Gasteiger partial charge in [0.25, 0.3) is 10.0 Å². The van der Waals surface area contributed by atoms with E-state index in [4.69, 9.17) is 9.47 Å². The smallest absolute Gasteiger partial charge is 0.266 e. The Morgan fingerprint density at radius 2 is 1.67 bits per heavy atom. The summed E-state index contributed by atoms with van der Waals surface area (Å²) in [6.45, 7) is 0. The highest BCUT2D eigenvalue weighted by Gasteiger charge is 2.26. The molecule has 142 valence electrons. The molecule has 2 aromatic carbocycles. The molecule has 0 saturated carbocycles. The predicted octanol–water partition coefficient (Wildman–Crippen LogP) is 3.81. The van der Waals surface area contributed by atoms with Crippen molar-refractivity contribution in [1.82, 2.24) is 10.2 Å². The first-order chi connectivity index (χ1) is 12.9. The van der Waals surface area contributed by atoms with Crippen LogP contribution in [0, 0.1) is 0 Å². The summed E-state index contributed by atoms with van der Waals surface area (Å²) in [6, 6.07) is 12.0. The van der Waals surface area contributed by atoms with Gasteiger partial charge in [-0.25, -0.2) is 12.7 Å². The third kappa shape index (κ3) is 3.92. The molecule has 0 bridgehead atoms. The quantitative estimate of drug-likeness (QED) is 0.545. The Labute approximate surface area is 169 Å². The molecule has 0 N–H and O–H groups in total. The van der Waals surface area contributed by atoms with Gasteiger partial charge in [-0.3, -0.25) is 0 Å². The molecule has 0 aliphatic heterocycles. The molecule has 0 fully saturated rings. The minimum atomic E-state index is -3.83. The molecular weight excluding hydrogens is 454 g/mol. The van der Waals surface area contributed by atoms with Gasteiger partial charge in [0.05, 0.1) is 19.1 Å². The standard InChI is InChI=1S/C17H16BrN3O4S2/c1-21(17-20-19-16(26-17)11-4-6-12(18)7-5-11)27(22,23)13-8-9-14(24-2)15(10-13)25-3/h4-10H,1-3H3. The molecule has 7 nitrogen and oxygen atoms in total. The lowest BCUT2D eigenvalue weighted by atomic mass is 10.2. The third-order valence-electron chi connectivity index (χ3n) is 3.79. The van der Waals surface area contributed by atoms with Crippen LogP contribution >= 0.6 is 27.3 Å². The largest absolute Gasteiger partial charge is 0.493 e. The number of sulfonamides is 1. The van der Waals surface area contributed by atoms with Gasteiger partial charge < -0.3 is 9.47 Å². The number of anilines is 1. The highest BCUT2D eigenvalue weighted by molar-refractivity contribution is 9.10. The lowest BCUT2D eigenvalue weighted by Gasteiger charge is -2.17. The lowest BCUT2D eigenvalue weighted by Crippen LogP contribution is -2.26. The van der Waals surface area contributed by atoms with E-state index >= 15 is 0 Å². The Kier molecular flexibility index (Phi) is 5.68. The molecule has 3 aromatic rings. The van der Waals surface area contributed by atoms with Crippen LogP contribution in [0.3, 0.4) is 0 Å². The lowest BCUT2D eigenvalue weighted by molar-refractivity contribution is 0.354. The fourth-order valence-electron chi connectivity index (χ4n) is 2.29. The van der Waals surface area contributed by atoms with E-state index in [0.717, 1.165) is 14.3 Å². The summed E-state index contributed by atoms with van der Waals surface area (Å²) in [6.07, 6.45) is 0. The second-order valence-electron chi connectivity index (χ2n) is 5.39. The maximum atomic E-state index is 13.0. The molecule has 10 heteroatoms. The van der Waals surface area contributed by atoms with Crippen LogP contribution in [0.15, 0.2) is 51.8 Å². The first-order valence-electron chi connectivity index (χ1n) is 7.67. The fourth-order valence-corrected chi connectivity index (χ4v) is 4.73. The van der Waals surface area contributed by atoms with Crippen LogP contribution in [0.2, 0.25) is 0 Å². The SMILES string of the molecule is COc1ccc(S(=O)(=O)N(C)c2nnc(-c3ccc(Br)cc3)s2)cc1OC. The van der Waals surface area contributed by atoms with Crippen LogP contribution < -0.4 is 13.8 Å². The summed E-state index contributed by atoms with van der Waals surface area (Å²) in [7, 11) is 0.556. The van der Waals surface area contributed by atoms with Gasteiger partial charge in [-0.1, -0.05) is 39.4 Å². The van der Waals surface area contributed by atoms with Crippen molar-refractivity contribution in [1.29, 1.82) is 0 Å². The zero-order chi connectivity index (χ0) is 19.6. The van der Waals surface area contributed by atoms with Crippen molar-refractivity contribution in [3.8, 4) is 22.1 Å². The first-order valence-corrected chi connectivity index (χ1v) is 10.7. The van der Waals surface area contributed by atoms with Gasteiger partial charge in [-0.15, -0.1) is 10.2 Å². The van der Waals surface area contributed by atoms with Gasteiger partial charge >= 0.3 is 0 Å². The van der Waals surface area contributed by atoms with Gasteiger partial charge in [-0.2, -0.15) is 0 Å². The molecule has 0 aliphatic rings. The van der Waals surface area contributed by atoms with Gasteiger partial charge in [0, 0.05) is 23.2 Å². The number of ether oxygens (including phenoxy) is 2. The topological polar surface area (TPSA) is 81.6 Å². The van der Waals surface area contributed by atoms with Crippen molar-refractivity contribution in [3.63, 3.8) is 0 Å². The van der Waals surface area contributed by atoms with Gasteiger partial charge in [0.2, 0.25) is 5.13 Å². The number of rotatable bonds is 6. The number of hydrogen-bond donors (Lipinski definition) is 0. The van der Waals surface area contributed by atoms with Gasteiger partial charge in [0.15, 0.2) is 11.5 Å². The monoisotopic (exact) mass is 469 g/mol. The number of benzene rings is 2. The highest BCUT2D eigenvalue weighted by atomic mass is 79.9. The van der Waals surface area contributed by atoms with Crippen molar-refractivity contribution < 1.29 is 17.9 Å². The Morgan fingerprint density at radius 3 is 2.30 bits per heavy atom. The van der Waals surface area contributed by atoms with Gasteiger partial charge in [-0.05, 0) is 24.3 Å². The molecule has 0 unspecified atom stereocenters. The number of methoxy groups -OCH3 is 2. The first kappa shape index (κ1) is 19.6. The summed E-state index contributed by atoms with van der Waals surface area (Å²) in [5.41, 5.74) is 0.860. The minimum absolute atomic E-state index is 0.0723. The molecule has 3 rings (SSSR count). The van der Waals surface area contributed by atoms with Crippen LogP contribution in [0.25, 0.3) is 10.6 Å². The van der Waals surface area contributed by atoms with Crippen molar-refractivity contribution >= 4 is 42.4 Å². The summed E-state index contributed by atoms with van der Waals surface area (Å²) in [4.78, 5) is 0.0723. The zero-order valence-corrected chi connectivity index (χ0v) is 17.9. The molecule has 0 saturated heterocycles. The maximum Gasteiger partial charge on any atom is 0.266 e. The third-order valence-corrected chi connectivity index (χ3v) is 7.22. The van der Waals surface area contributed by atoms with Gasteiger partial charge in [0.1, 0.15) is 5.01 Å². The van der Waals surface area contributed by atoms with Crippen molar-refractivity contribution in [2.24, 2.45) is 0 Å². The van der Waals surface area contributed by atoms with Crippen LogP contribution in [0.1, 0.15) is 0 Å². The highest BCUT2D eigenvalue weighted by Crippen LogP contribution is 2.34. The van der Waals surface area contributed by atoms with E-state index in [1.807, 2.05) is 24.3 Å². The second-order valence-corrected chi connectivity index (χ2v) is 9.23. The summed E-state index contributed by atoms with van der Waals surface area (Å²) in [5.74, 6) is 0.785. The van der Waals surface area contributed by atoms with E-state index in [1.165, 1.54) is 44.7 Å². The number of halogens is 1. The average Bonchev–Trinajstić information content (AvgIpc) is 3.17. The second kappa shape index (κ2) is 7.83. The summed E-state index contributed by atoms with van der Waals surface area (Å²) in [5, 5.41) is 9.04. The molecule has 27 heavy (non-hydrogen) atoms. The molecule has 0 spiro atoms. The van der Waals surface area contributed by atoms with Crippen LogP contribution in [0.5, 0.6) is 11.5 Å². The minimum Gasteiger partial charge on any atom is -0.493 e. The van der Waals surface area contributed by atoms with Crippen LogP contribution in [0.4, 0.5) is 5.13 Å². The number of aromatic nitrogens is 2. The molecular formula is C17H16BrN3O4S2. The maximum absolute atomic E-state index is 13.0. The molecule has 0 amide bonds. The molecule has 0 atom stereocenters. The fraction of sp³-hybridized carbons (Fsp3) is 0.176. The summed E-state index contributed by atoms with van der Waals surface area (Å²) >= 11 is 4.57. The van der Waals surface area contributed by atoms with Crippen molar-refractivity contribution in [2.45, 2.75) is 4.90 Å². The van der Waals surface area contributed by atoms with E-state index in [9.17, 15) is 8.42 Å². The zero-order valence-electron chi connectivity index (χ0n) is 14.7. The Bertz CT molecular complexity index is 1050. The Hall–Kier alpha value is -2.17. The number of nitrogens with zero attached hydrogens (tertiary/aromatic N) is 3. The van der Waals surface area contributed by atoms with E-state index in [0.29, 0.717) is 16.5 Å². The van der Waals surface area contributed by atoms with E-state index in [2.05, 4.69) is 26.1 Å². The van der Waals surface area contributed by atoms with Crippen molar-refractivity contribution in [3.05, 3.63) is 46.9 Å². The number of hydrogen-bond acceptors (Lipinski definition) is 7.